The number of nitrogens with two attached hydrogens (primary N) is 1. The number of ether oxygens (including phenoxy) is 2. The molecule has 0 saturated carbocycles. The van der Waals surface area contributed by atoms with Gasteiger partial charge in [-0.3, -0.25) is 11.3 Å². The van der Waals surface area contributed by atoms with E-state index >= 15 is 0 Å². The number of aryl methyl sites for hydroxylation is 2. The van der Waals surface area contributed by atoms with Crippen LogP contribution >= 0.6 is 0 Å². The molecule has 0 amide bonds. The quantitative estimate of drug-likeness (QED) is 0.595. The number of hydrazine groups is 1. The van der Waals surface area contributed by atoms with Gasteiger partial charge in [0.15, 0.2) is 0 Å². The fraction of sp³-hybridized carbons (Fsp3) is 0.625. The molecule has 20 heavy (non-hydrogen) atoms. The molecule has 4 heteroatoms. The predicted molar refractivity (Wildman–Crippen MR) is 82.8 cm³/mol. The molecule has 0 fully saturated rings. The van der Waals surface area contributed by atoms with Gasteiger partial charge in [-0.05, 0) is 43.9 Å². The van der Waals surface area contributed by atoms with Crippen LogP contribution in [0.25, 0.3) is 0 Å². The summed E-state index contributed by atoms with van der Waals surface area (Å²) in [5.41, 5.74) is 6.33. The molecule has 0 spiro atoms. The Labute approximate surface area is 122 Å². The molecule has 0 aliphatic rings. The number of hydrogen-bond donors (Lipinski definition) is 2. The van der Waals surface area contributed by atoms with E-state index in [0.717, 1.165) is 16.9 Å². The van der Waals surface area contributed by atoms with E-state index in [9.17, 15) is 0 Å². The van der Waals surface area contributed by atoms with Crippen molar-refractivity contribution in [3.63, 3.8) is 0 Å². The minimum Gasteiger partial charge on any atom is -0.496 e. The Bertz CT molecular complexity index is 433. The molecule has 1 aromatic carbocycles. The minimum absolute atomic E-state index is 0.000283. The molecule has 0 heterocycles. The van der Waals surface area contributed by atoms with E-state index in [1.165, 1.54) is 5.56 Å². The number of nitrogens with one attached hydrogen (secondary N) is 1. The van der Waals surface area contributed by atoms with Crippen LogP contribution in [0.15, 0.2) is 12.1 Å². The van der Waals surface area contributed by atoms with Gasteiger partial charge in [0.2, 0.25) is 0 Å². The summed E-state index contributed by atoms with van der Waals surface area (Å²) in [6.45, 7) is 11.1. The summed E-state index contributed by atoms with van der Waals surface area (Å²) in [4.78, 5) is 0. The maximum absolute atomic E-state index is 5.90. The van der Waals surface area contributed by atoms with Gasteiger partial charge in [-0.15, -0.1) is 0 Å². The van der Waals surface area contributed by atoms with Gasteiger partial charge in [0, 0.05) is 12.2 Å². The van der Waals surface area contributed by atoms with Crippen molar-refractivity contribution in [2.24, 2.45) is 11.8 Å². The van der Waals surface area contributed by atoms with Crippen molar-refractivity contribution in [3.8, 4) is 5.75 Å². The summed E-state index contributed by atoms with van der Waals surface area (Å²) in [6, 6.07) is 4.09. The Kier molecular flexibility index (Phi) is 6.46. The molecular weight excluding hydrogens is 252 g/mol. The maximum atomic E-state index is 5.90. The molecule has 0 saturated heterocycles. The molecule has 1 aromatic rings. The highest BCUT2D eigenvalue weighted by atomic mass is 16.5. The highest BCUT2D eigenvalue weighted by Crippen LogP contribution is 2.34. The third kappa shape index (κ3) is 3.72. The number of methoxy groups -OCH3 is 1. The van der Waals surface area contributed by atoms with Gasteiger partial charge in [0.25, 0.3) is 0 Å². The highest BCUT2D eigenvalue weighted by molar-refractivity contribution is 5.45. The first kappa shape index (κ1) is 17.0. The van der Waals surface area contributed by atoms with Crippen LogP contribution in [0, 0.1) is 19.8 Å². The number of hydrogen-bond acceptors (Lipinski definition) is 4. The lowest BCUT2D eigenvalue weighted by atomic mass is 9.89. The van der Waals surface area contributed by atoms with E-state index in [0.29, 0.717) is 12.5 Å². The molecule has 0 aromatic heterocycles. The Morgan fingerprint density at radius 1 is 1.25 bits per heavy atom. The van der Waals surface area contributed by atoms with Crippen LogP contribution in [0.4, 0.5) is 0 Å². The third-order valence-electron chi connectivity index (χ3n) is 3.55. The van der Waals surface area contributed by atoms with Crippen LogP contribution in [-0.2, 0) is 4.74 Å². The van der Waals surface area contributed by atoms with Crippen molar-refractivity contribution in [3.05, 3.63) is 28.8 Å². The molecular formula is C16H28N2O2. The average molecular weight is 280 g/mol. The second-order valence-corrected chi connectivity index (χ2v) is 5.51. The normalized spacial score (nSPS) is 14.4. The summed E-state index contributed by atoms with van der Waals surface area (Å²) >= 11 is 0. The molecule has 3 N–H and O–H groups in total. The van der Waals surface area contributed by atoms with Crippen molar-refractivity contribution >= 4 is 0 Å². The van der Waals surface area contributed by atoms with Gasteiger partial charge in [0.1, 0.15) is 5.75 Å². The van der Waals surface area contributed by atoms with Gasteiger partial charge in [0.05, 0.1) is 19.3 Å². The second kappa shape index (κ2) is 7.62. The Morgan fingerprint density at radius 2 is 1.90 bits per heavy atom. The Morgan fingerprint density at radius 3 is 2.35 bits per heavy atom. The van der Waals surface area contributed by atoms with Gasteiger partial charge in [-0.2, -0.15) is 0 Å². The zero-order chi connectivity index (χ0) is 15.3. The van der Waals surface area contributed by atoms with Crippen LogP contribution < -0.4 is 16.0 Å². The third-order valence-corrected chi connectivity index (χ3v) is 3.55. The molecule has 0 aliphatic heterocycles. The monoisotopic (exact) mass is 280 g/mol. The first-order valence-corrected chi connectivity index (χ1v) is 7.19. The first-order chi connectivity index (χ1) is 9.46. The molecule has 0 radical (unpaired) electrons. The lowest BCUT2D eigenvalue weighted by molar-refractivity contribution is 0.00210. The molecule has 114 valence electrons. The molecule has 0 bridgehead atoms. The van der Waals surface area contributed by atoms with Crippen molar-refractivity contribution in [2.75, 3.05) is 13.7 Å². The van der Waals surface area contributed by atoms with Gasteiger partial charge in [-0.1, -0.05) is 19.9 Å². The summed E-state index contributed by atoms with van der Waals surface area (Å²) in [6.07, 6.45) is 0.000283. The average Bonchev–Trinajstić information content (AvgIpc) is 2.39. The second-order valence-electron chi connectivity index (χ2n) is 5.51. The van der Waals surface area contributed by atoms with Crippen LogP contribution in [0.3, 0.4) is 0 Å². The molecule has 1 rings (SSSR count). The van der Waals surface area contributed by atoms with E-state index in [4.69, 9.17) is 15.3 Å². The highest BCUT2D eigenvalue weighted by Gasteiger charge is 2.29. The largest absolute Gasteiger partial charge is 0.496 e. The number of rotatable bonds is 7. The Hall–Kier alpha value is -1.10. The van der Waals surface area contributed by atoms with E-state index in [1.807, 2.05) is 13.0 Å². The summed E-state index contributed by atoms with van der Waals surface area (Å²) in [5.74, 6) is 7.02. The molecule has 2 atom stereocenters. The zero-order valence-electron chi connectivity index (χ0n) is 13.5. The van der Waals surface area contributed by atoms with E-state index in [-0.39, 0.29) is 12.1 Å². The van der Waals surface area contributed by atoms with Crippen LogP contribution in [0.1, 0.15) is 43.5 Å². The Balaban J connectivity index is 3.29. The van der Waals surface area contributed by atoms with Crippen molar-refractivity contribution in [1.29, 1.82) is 0 Å². The predicted octanol–water partition coefficient (Wildman–Crippen LogP) is 2.88. The van der Waals surface area contributed by atoms with E-state index in [1.54, 1.807) is 7.11 Å². The standard InChI is InChI=1S/C16H28N2O2/c1-7-20-16(10(2)3)15(18-17)14-12(5)8-11(4)9-13(14)19-6/h8-10,15-16,18H,7,17H2,1-6H3. The molecule has 4 nitrogen and oxygen atoms in total. The lowest BCUT2D eigenvalue weighted by Gasteiger charge is -2.32. The van der Waals surface area contributed by atoms with Crippen molar-refractivity contribution in [2.45, 2.75) is 46.8 Å². The van der Waals surface area contributed by atoms with Gasteiger partial charge < -0.3 is 9.47 Å². The lowest BCUT2D eigenvalue weighted by Crippen LogP contribution is -2.41. The van der Waals surface area contributed by atoms with Gasteiger partial charge >= 0.3 is 0 Å². The topological polar surface area (TPSA) is 56.5 Å². The van der Waals surface area contributed by atoms with Crippen LogP contribution in [-0.4, -0.2) is 19.8 Å². The molecule has 2 unspecified atom stereocenters. The number of benzene rings is 1. The van der Waals surface area contributed by atoms with Crippen LogP contribution in [0.2, 0.25) is 0 Å². The van der Waals surface area contributed by atoms with E-state index < -0.39 is 0 Å². The van der Waals surface area contributed by atoms with Crippen LogP contribution in [0.5, 0.6) is 5.75 Å². The maximum Gasteiger partial charge on any atom is 0.124 e. The molecule has 0 aliphatic carbocycles. The summed E-state index contributed by atoms with van der Waals surface area (Å²) in [5, 5.41) is 0. The summed E-state index contributed by atoms with van der Waals surface area (Å²) < 4.78 is 11.4. The first-order valence-electron chi connectivity index (χ1n) is 7.19. The minimum atomic E-state index is -0.0921. The zero-order valence-corrected chi connectivity index (χ0v) is 13.5. The SMILES string of the molecule is CCOC(C(C)C)C(NN)c1c(C)cc(C)cc1OC. The smallest absolute Gasteiger partial charge is 0.124 e. The van der Waals surface area contributed by atoms with Gasteiger partial charge in [-0.25, -0.2) is 0 Å². The summed E-state index contributed by atoms with van der Waals surface area (Å²) in [7, 11) is 1.69. The van der Waals surface area contributed by atoms with E-state index in [2.05, 4.69) is 39.2 Å². The van der Waals surface area contributed by atoms with Crippen molar-refractivity contribution < 1.29 is 9.47 Å². The fourth-order valence-corrected chi connectivity index (χ4v) is 2.72. The van der Waals surface area contributed by atoms with Crippen molar-refractivity contribution in [1.82, 2.24) is 5.43 Å². The fourth-order valence-electron chi connectivity index (χ4n) is 2.72.